The van der Waals surface area contributed by atoms with E-state index in [0.717, 1.165) is 0 Å². The molecule has 0 saturated heterocycles. The first-order chi connectivity index (χ1) is 21.3. The fourth-order valence-electron chi connectivity index (χ4n) is 6.03. The average Bonchev–Trinajstić information content (AvgIpc) is 3.48. The van der Waals surface area contributed by atoms with Crippen LogP contribution in [-0.4, -0.2) is 37.7 Å². The van der Waals surface area contributed by atoms with E-state index in [1.54, 1.807) is 9.13 Å². The van der Waals surface area contributed by atoms with E-state index in [4.69, 9.17) is 9.98 Å². The molecule has 9 rings (SSSR count). The van der Waals surface area contributed by atoms with Gasteiger partial charge in [-0.3, -0.25) is 9.13 Å². The molecule has 6 aromatic rings. The Morgan fingerprint density at radius 3 is 1.30 bits per heavy atom. The second kappa shape index (κ2) is 8.57. The molecule has 5 heterocycles. The van der Waals surface area contributed by atoms with Crippen molar-refractivity contribution in [3.63, 3.8) is 0 Å². The van der Waals surface area contributed by atoms with E-state index in [2.05, 4.69) is 9.98 Å². The number of fused-ring (bicyclic) bond motifs is 6. The highest BCUT2D eigenvalue weighted by molar-refractivity contribution is 6.25. The summed E-state index contributed by atoms with van der Waals surface area (Å²) >= 11 is 0. The van der Waals surface area contributed by atoms with Gasteiger partial charge in [0.15, 0.2) is 0 Å². The van der Waals surface area contributed by atoms with Gasteiger partial charge in [0.1, 0.15) is 40.8 Å². The Bertz CT molecular complexity index is 2270. The van der Waals surface area contributed by atoms with Crippen LogP contribution < -0.4 is 0 Å². The lowest BCUT2D eigenvalue weighted by molar-refractivity contribution is 0.628. The van der Waals surface area contributed by atoms with Crippen LogP contribution in [-0.2, 0) is 0 Å². The number of guanidine groups is 1. The summed E-state index contributed by atoms with van der Waals surface area (Å²) in [5.41, 5.74) is 1.99. The monoisotopic (exact) mass is 591 g/mol. The third-order valence-electron chi connectivity index (χ3n) is 7.80. The Hall–Kier alpha value is -5.91. The van der Waals surface area contributed by atoms with Crippen molar-refractivity contribution in [3.8, 4) is 0 Å². The van der Waals surface area contributed by atoms with Gasteiger partial charge in [0, 0.05) is 33.7 Å². The van der Waals surface area contributed by atoms with Crippen molar-refractivity contribution in [1.82, 2.24) is 14.0 Å². The van der Waals surface area contributed by atoms with Gasteiger partial charge in [0.2, 0.25) is 17.9 Å². The van der Waals surface area contributed by atoms with Crippen LogP contribution in [0.4, 0.5) is 22.0 Å². The summed E-state index contributed by atoms with van der Waals surface area (Å²) in [6.07, 6.45) is 2.40. The average molecular weight is 592 g/mol. The van der Waals surface area contributed by atoms with Crippen molar-refractivity contribution in [2.24, 2.45) is 20.0 Å². The summed E-state index contributed by atoms with van der Waals surface area (Å²) in [6, 6.07) is 16.4. The highest BCUT2D eigenvalue weighted by Gasteiger charge is 2.34. The molecule has 0 saturated carbocycles. The molecule has 44 heavy (non-hydrogen) atoms. The molecule has 0 fully saturated rings. The molecule has 3 aliphatic rings. The molecule has 12 heteroatoms. The number of rotatable bonds is 0. The topological polar surface area (TPSA) is 62.5 Å². The first-order valence-electron chi connectivity index (χ1n) is 13.4. The number of aliphatic imine (C=N–C) groups is 4. The largest absolute Gasteiger partial charge is 0.278 e. The normalized spacial score (nSPS) is 16.2. The van der Waals surface area contributed by atoms with Gasteiger partial charge in [0.05, 0.1) is 22.1 Å². The Labute approximate surface area is 243 Å². The minimum absolute atomic E-state index is 0.0751. The van der Waals surface area contributed by atoms with E-state index in [9.17, 15) is 17.6 Å². The van der Waals surface area contributed by atoms with Gasteiger partial charge in [-0.15, -0.1) is 0 Å². The van der Waals surface area contributed by atoms with Gasteiger partial charge in [0.25, 0.3) is 0 Å². The highest BCUT2D eigenvalue weighted by Crippen LogP contribution is 2.35. The van der Waals surface area contributed by atoms with E-state index in [-0.39, 0.29) is 29.5 Å². The molecular formula is C32H14F5N7. The Morgan fingerprint density at radius 2 is 0.841 bits per heavy atom. The third kappa shape index (κ3) is 3.41. The van der Waals surface area contributed by atoms with E-state index < -0.39 is 29.1 Å². The van der Waals surface area contributed by atoms with Gasteiger partial charge < -0.3 is 0 Å². The lowest BCUT2D eigenvalue weighted by atomic mass is 10.1. The number of halogens is 5. The fraction of sp³-hybridized carbons (Fsp3) is 0. The van der Waals surface area contributed by atoms with E-state index in [1.165, 1.54) is 89.8 Å². The van der Waals surface area contributed by atoms with Crippen LogP contribution in [0.2, 0.25) is 0 Å². The number of benzene rings is 4. The first-order valence-corrected chi connectivity index (χ1v) is 13.4. The quantitative estimate of drug-likeness (QED) is 0.170. The van der Waals surface area contributed by atoms with Crippen LogP contribution in [0.5, 0.6) is 0 Å². The number of hydrogen-bond donors (Lipinski definition) is 0. The molecule has 0 spiro atoms. The second-order valence-corrected chi connectivity index (χ2v) is 10.4. The number of nitrogens with zero attached hydrogens (tertiary/aromatic N) is 7. The number of aromatic nitrogens is 2. The van der Waals surface area contributed by atoms with Crippen molar-refractivity contribution in [2.75, 3.05) is 0 Å². The number of hydrogen-bond acceptors (Lipinski definition) is 5. The molecule has 7 nitrogen and oxygen atoms in total. The molecule has 0 unspecified atom stereocenters. The van der Waals surface area contributed by atoms with Crippen molar-refractivity contribution in [2.45, 2.75) is 0 Å². The Morgan fingerprint density at radius 1 is 0.432 bits per heavy atom. The van der Waals surface area contributed by atoms with Crippen molar-refractivity contribution in [3.05, 3.63) is 120 Å². The Balaban J connectivity index is 1.32. The zero-order chi connectivity index (χ0) is 29.9. The molecule has 0 amide bonds. The number of amidine groups is 1. The van der Waals surface area contributed by atoms with Crippen LogP contribution in [0.25, 0.3) is 43.6 Å². The highest BCUT2D eigenvalue weighted by atomic mass is 19.1. The number of allylic oxidation sites excluding steroid dienone is 2. The lowest BCUT2D eigenvalue weighted by Crippen LogP contribution is -2.43. The van der Waals surface area contributed by atoms with Crippen LogP contribution in [0.1, 0.15) is 0 Å². The maximum absolute atomic E-state index is 15.0. The maximum atomic E-state index is 15.0. The third-order valence-corrected chi connectivity index (χ3v) is 7.80. The molecule has 3 aliphatic heterocycles. The van der Waals surface area contributed by atoms with Crippen LogP contribution >= 0.6 is 0 Å². The SMILES string of the molecule is FC1=CC2=NC(n3c4ccc(F)cc4c4cc(F)ccc43)=NC3=NC(n4c5ccc(F)cc5c5cc(F)ccc54)=NC(=C1)N23. The molecule has 0 radical (unpaired) electrons. The van der Waals surface area contributed by atoms with Crippen molar-refractivity contribution < 1.29 is 22.0 Å². The zero-order valence-corrected chi connectivity index (χ0v) is 22.1. The van der Waals surface area contributed by atoms with E-state index in [0.29, 0.717) is 43.6 Å². The van der Waals surface area contributed by atoms with Gasteiger partial charge in [-0.1, -0.05) is 0 Å². The molecule has 0 N–H and O–H groups in total. The van der Waals surface area contributed by atoms with E-state index >= 15 is 4.39 Å². The first kappa shape index (κ1) is 24.7. The van der Waals surface area contributed by atoms with Crippen LogP contribution in [0.15, 0.2) is 117 Å². The minimum atomic E-state index is -0.627. The van der Waals surface area contributed by atoms with Gasteiger partial charge >= 0.3 is 0 Å². The van der Waals surface area contributed by atoms with Crippen LogP contribution in [0.3, 0.4) is 0 Å². The maximum Gasteiger partial charge on any atom is 0.243 e. The summed E-state index contributed by atoms with van der Waals surface area (Å²) < 4.78 is 75.4. The fourth-order valence-corrected chi connectivity index (χ4v) is 6.03. The van der Waals surface area contributed by atoms with Gasteiger partial charge in [-0.25, -0.2) is 26.9 Å². The second-order valence-electron chi connectivity index (χ2n) is 10.4. The van der Waals surface area contributed by atoms with Crippen molar-refractivity contribution in [1.29, 1.82) is 0 Å². The molecular weight excluding hydrogens is 577 g/mol. The summed E-state index contributed by atoms with van der Waals surface area (Å²) in [5.74, 6) is -2.12. The smallest absolute Gasteiger partial charge is 0.243 e. The lowest BCUT2D eigenvalue weighted by Gasteiger charge is -2.32. The molecule has 0 atom stereocenters. The summed E-state index contributed by atoms with van der Waals surface area (Å²) in [7, 11) is 0. The molecule has 212 valence electrons. The molecule has 4 aromatic carbocycles. The van der Waals surface area contributed by atoms with Gasteiger partial charge in [-0.2, -0.15) is 20.0 Å². The van der Waals surface area contributed by atoms with Gasteiger partial charge in [-0.05, 0) is 72.8 Å². The van der Waals surface area contributed by atoms with E-state index in [1.807, 2.05) is 0 Å². The minimum Gasteiger partial charge on any atom is -0.278 e. The summed E-state index contributed by atoms with van der Waals surface area (Å²) in [5, 5.41) is 1.75. The predicted molar refractivity (Wildman–Crippen MR) is 158 cm³/mol. The molecule has 0 bridgehead atoms. The molecule has 2 aromatic heterocycles. The Kier molecular flexibility index (Phi) is 4.80. The summed E-state index contributed by atoms with van der Waals surface area (Å²) in [6.45, 7) is 0. The van der Waals surface area contributed by atoms with Crippen molar-refractivity contribution >= 4 is 67.3 Å². The standard InChI is InChI=1S/C32H14F5N7/c33-15-1-5-24-20(9-15)21-10-16(34)2-6-25(21)42(24)30-38-28-13-19(37)14-29-39-31(41-32(40-30)44(28)29)43-26-7-3-17(35)11-22(26)23-12-18(36)4-8-27(23)43/h1-14H. The zero-order valence-electron chi connectivity index (χ0n) is 22.1. The van der Waals surface area contributed by atoms with Crippen LogP contribution in [0, 0.1) is 23.3 Å². The molecule has 0 aliphatic carbocycles. The summed E-state index contributed by atoms with van der Waals surface area (Å²) in [4.78, 5) is 20.1. The predicted octanol–water partition coefficient (Wildman–Crippen LogP) is 7.36.